The van der Waals surface area contributed by atoms with Crippen molar-refractivity contribution in [1.82, 2.24) is 0 Å². The quantitative estimate of drug-likeness (QED) is 0.640. The van der Waals surface area contributed by atoms with E-state index in [-0.39, 0.29) is 18.2 Å². The standard InChI is InChI=1S/C13H23BrO4/c1-4-10(14)12-6-5-11(16)13(18-9(3)15)7-8(2)17-12/h8,10-13,16H,4-7H2,1-3H3/t8-,10+,11-,12+,13-/m1/s1. The van der Waals surface area contributed by atoms with Crippen LogP contribution in [0.3, 0.4) is 0 Å². The molecule has 106 valence electrons. The van der Waals surface area contributed by atoms with E-state index >= 15 is 0 Å². The maximum absolute atomic E-state index is 11.0. The van der Waals surface area contributed by atoms with Crippen LogP contribution in [-0.2, 0) is 14.3 Å². The summed E-state index contributed by atoms with van der Waals surface area (Å²) in [5.41, 5.74) is 0. The zero-order valence-electron chi connectivity index (χ0n) is 11.3. The van der Waals surface area contributed by atoms with Gasteiger partial charge in [0.15, 0.2) is 0 Å². The lowest BCUT2D eigenvalue weighted by molar-refractivity contribution is -0.159. The molecule has 5 atom stereocenters. The van der Waals surface area contributed by atoms with Gasteiger partial charge in [-0.1, -0.05) is 22.9 Å². The lowest BCUT2D eigenvalue weighted by Gasteiger charge is -2.33. The molecule has 0 aromatic heterocycles. The highest BCUT2D eigenvalue weighted by molar-refractivity contribution is 9.09. The fraction of sp³-hybridized carbons (Fsp3) is 0.923. The third-order valence-electron chi connectivity index (χ3n) is 3.26. The number of rotatable bonds is 3. The molecular weight excluding hydrogens is 300 g/mol. The smallest absolute Gasteiger partial charge is 0.302 e. The maximum Gasteiger partial charge on any atom is 0.302 e. The van der Waals surface area contributed by atoms with Crippen molar-refractivity contribution in [2.75, 3.05) is 0 Å². The molecule has 0 aromatic carbocycles. The summed E-state index contributed by atoms with van der Waals surface area (Å²) in [5, 5.41) is 10.1. The van der Waals surface area contributed by atoms with Crippen molar-refractivity contribution < 1.29 is 19.4 Å². The second-order valence-electron chi connectivity index (χ2n) is 4.94. The highest BCUT2D eigenvalue weighted by Gasteiger charge is 2.31. The van der Waals surface area contributed by atoms with E-state index in [1.807, 2.05) is 6.92 Å². The van der Waals surface area contributed by atoms with Crippen LogP contribution in [-0.4, -0.2) is 40.3 Å². The van der Waals surface area contributed by atoms with Crippen molar-refractivity contribution in [3.63, 3.8) is 0 Å². The zero-order valence-corrected chi connectivity index (χ0v) is 12.9. The number of hydrogen-bond acceptors (Lipinski definition) is 4. The van der Waals surface area contributed by atoms with Crippen LogP contribution >= 0.6 is 15.9 Å². The molecule has 1 rings (SSSR count). The van der Waals surface area contributed by atoms with Crippen LogP contribution in [0.1, 0.15) is 46.5 Å². The summed E-state index contributed by atoms with van der Waals surface area (Å²) in [6.07, 6.45) is 1.93. The third-order valence-corrected chi connectivity index (χ3v) is 4.50. The van der Waals surface area contributed by atoms with Crippen molar-refractivity contribution in [2.45, 2.75) is 75.7 Å². The van der Waals surface area contributed by atoms with E-state index in [1.54, 1.807) is 0 Å². The first-order valence-corrected chi connectivity index (χ1v) is 7.50. The van der Waals surface area contributed by atoms with Crippen molar-refractivity contribution in [3.05, 3.63) is 0 Å². The predicted octanol–water partition coefficient (Wildman–Crippen LogP) is 2.41. The van der Waals surface area contributed by atoms with Gasteiger partial charge in [0.1, 0.15) is 6.10 Å². The second-order valence-corrected chi connectivity index (χ2v) is 6.11. The first-order valence-electron chi connectivity index (χ1n) is 6.58. The maximum atomic E-state index is 11.0. The molecule has 1 saturated heterocycles. The summed E-state index contributed by atoms with van der Waals surface area (Å²) >= 11 is 3.61. The van der Waals surface area contributed by atoms with Gasteiger partial charge in [-0.25, -0.2) is 0 Å². The van der Waals surface area contributed by atoms with Gasteiger partial charge in [0, 0.05) is 18.2 Å². The van der Waals surface area contributed by atoms with Gasteiger partial charge in [0.2, 0.25) is 0 Å². The molecule has 0 radical (unpaired) electrons. The Morgan fingerprint density at radius 2 is 2.22 bits per heavy atom. The summed E-state index contributed by atoms with van der Waals surface area (Å²) in [6.45, 7) is 5.42. The van der Waals surface area contributed by atoms with E-state index < -0.39 is 12.2 Å². The normalized spacial score (nSPS) is 35.4. The van der Waals surface area contributed by atoms with E-state index in [0.29, 0.717) is 17.7 Å². The van der Waals surface area contributed by atoms with Crippen LogP contribution < -0.4 is 0 Å². The number of aliphatic hydroxyl groups excluding tert-OH is 1. The van der Waals surface area contributed by atoms with Gasteiger partial charge in [-0.3, -0.25) is 4.79 Å². The number of carbonyl (C=O) groups is 1. The molecule has 1 aliphatic heterocycles. The number of halogens is 1. The number of aliphatic hydroxyl groups is 1. The van der Waals surface area contributed by atoms with E-state index in [1.165, 1.54) is 6.92 Å². The van der Waals surface area contributed by atoms with E-state index in [0.717, 1.165) is 12.8 Å². The molecule has 1 N–H and O–H groups in total. The van der Waals surface area contributed by atoms with Crippen molar-refractivity contribution >= 4 is 21.9 Å². The molecule has 5 heteroatoms. The highest BCUT2D eigenvalue weighted by Crippen LogP contribution is 2.26. The molecule has 0 amide bonds. The van der Waals surface area contributed by atoms with Gasteiger partial charge in [0.05, 0.1) is 18.3 Å². The fourth-order valence-electron chi connectivity index (χ4n) is 2.30. The lowest BCUT2D eigenvalue weighted by Crippen LogP contribution is -2.40. The average Bonchev–Trinajstić information content (AvgIpc) is 2.30. The van der Waals surface area contributed by atoms with E-state index in [4.69, 9.17) is 9.47 Å². The largest absolute Gasteiger partial charge is 0.460 e. The van der Waals surface area contributed by atoms with Crippen molar-refractivity contribution in [3.8, 4) is 0 Å². The molecule has 0 aromatic rings. The van der Waals surface area contributed by atoms with E-state index in [2.05, 4.69) is 22.9 Å². The molecule has 1 aliphatic rings. The van der Waals surface area contributed by atoms with Crippen molar-refractivity contribution in [2.24, 2.45) is 0 Å². The Kier molecular flexibility index (Phi) is 6.60. The van der Waals surface area contributed by atoms with Gasteiger partial charge in [-0.15, -0.1) is 0 Å². The van der Waals surface area contributed by atoms with Gasteiger partial charge in [0.25, 0.3) is 0 Å². The van der Waals surface area contributed by atoms with Gasteiger partial charge < -0.3 is 14.6 Å². The number of ether oxygens (including phenoxy) is 2. The van der Waals surface area contributed by atoms with Crippen LogP contribution in [0.4, 0.5) is 0 Å². The molecule has 0 unspecified atom stereocenters. The topological polar surface area (TPSA) is 55.8 Å². The summed E-state index contributed by atoms with van der Waals surface area (Å²) in [7, 11) is 0. The average molecular weight is 323 g/mol. The molecule has 1 heterocycles. The predicted molar refractivity (Wildman–Crippen MR) is 72.8 cm³/mol. The zero-order chi connectivity index (χ0) is 13.7. The summed E-state index contributed by atoms with van der Waals surface area (Å²) in [5.74, 6) is -0.352. The summed E-state index contributed by atoms with van der Waals surface area (Å²) < 4.78 is 11.1. The summed E-state index contributed by atoms with van der Waals surface area (Å²) in [4.78, 5) is 11.3. The molecule has 1 fully saturated rings. The number of alkyl halides is 1. The van der Waals surface area contributed by atoms with Crippen LogP contribution in [0.15, 0.2) is 0 Å². The fourth-order valence-corrected chi connectivity index (χ4v) is 2.68. The molecule has 18 heavy (non-hydrogen) atoms. The van der Waals surface area contributed by atoms with Gasteiger partial charge in [-0.2, -0.15) is 0 Å². The van der Waals surface area contributed by atoms with Crippen LogP contribution in [0.5, 0.6) is 0 Å². The molecule has 4 nitrogen and oxygen atoms in total. The first-order chi connectivity index (χ1) is 8.43. The summed E-state index contributed by atoms with van der Waals surface area (Å²) in [6, 6.07) is 0. The molecule has 0 bridgehead atoms. The molecule has 0 spiro atoms. The van der Waals surface area contributed by atoms with Gasteiger partial charge >= 0.3 is 5.97 Å². The Balaban J connectivity index is 2.62. The minimum Gasteiger partial charge on any atom is -0.460 e. The second kappa shape index (κ2) is 7.46. The van der Waals surface area contributed by atoms with Crippen molar-refractivity contribution in [1.29, 1.82) is 0 Å². The molecular formula is C13H23BrO4. The van der Waals surface area contributed by atoms with E-state index in [9.17, 15) is 9.90 Å². The minimum atomic E-state index is -0.598. The third kappa shape index (κ3) is 4.86. The Morgan fingerprint density at radius 3 is 2.78 bits per heavy atom. The Morgan fingerprint density at radius 1 is 1.56 bits per heavy atom. The Hall–Kier alpha value is -0.130. The number of carbonyl (C=O) groups excluding carboxylic acids is 1. The van der Waals surface area contributed by atoms with Gasteiger partial charge in [-0.05, 0) is 26.2 Å². The SMILES string of the molecule is CC[C@H](Br)[C@@H]1CC[C@@H](O)[C@H](OC(C)=O)C[C@@H](C)O1. The number of hydrogen-bond donors (Lipinski definition) is 1. The Labute approximate surface area is 117 Å². The number of esters is 1. The monoisotopic (exact) mass is 322 g/mol. The molecule has 0 aliphatic carbocycles. The van der Waals surface area contributed by atoms with Crippen LogP contribution in [0, 0.1) is 0 Å². The van der Waals surface area contributed by atoms with Crippen LogP contribution in [0.25, 0.3) is 0 Å². The van der Waals surface area contributed by atoms with Crippen LogP contribution in [0.2, 0.25) is 0 Å². The lowest BCUT2D eigenvalue weighted by atomic mass is 9.97. The minimum absolute atomic E-state index is 0.0269. The molecule has 0 saturated carbocycles. The Bertz CT molecular complexity index is 272. The highest BCUT2D eigenvalue weighted by atomic mass is 79.9. The first kappa shape index (κ1) is 15.9.